The lowest BCUT2D eigenvalue weighted by atomic mass is 9.89. The number of halogens is 3. The van der Waals surface area contributed by atoms with Crippen molar-refractivity contribution < 1.29 is 5.11 Å². The molecule has 0 aliphatic carbocycles. The summed E-state index contributed by atoms with van der Waals surface area (Å²) in [6.07, 6.45) is 0.473. The van der Waals surface area contributed by atoms with Gasteiger partial charge < -0.3 is 5.11 Å². The molecule has 100 valence electrons. The molecule has 0 amide bonds. The minimum Gasteiger partial charge on any atom is -0.385 e. The first-order valence-electron chi connectivity index (χ1n) is 5.81. The maximum Gasteiger partial charge on any atom is 0.0923 e. The standard InChI is InChI=1S/C15H13BrCl2O/c1-15(19,9-10-2-4-11(16)5-3-10)13-8-12(17)6-7-14(13)18/h2-8,19H,9H2,1H3. The summed E-state index contributed by atoms with van der Waals surface area (Å²) in [5.74, 6) is 0. The second kappa shape index (κ2) is 5.84. The van der Waals surface area contributed by atoms with E-state index in [9.17, 15) is 5.11 Å². The van der Waals surface area contributed by atoms with Crippen LogP contribution in [-0.4, -0.2) is 5.11 Å². The quantitative estimate of drug-likeness (QED) is 0.797. The molecule has 4 heteroatoms. The summed E-state index contributed by atoms with van der Waals surface area (Å²) in [5, 5.41) is 11.7. The Balaban J connectivity index is 2.31. The molecule has 0 saturated carbocycles. The summed E-state index contributed by atoms with van der Waals surface area (Å²) in [7, 11) is 0. The van der Waals surface area contributed by atoms with E-state index in [-0.39, 0.29) is 0 Å². The van der Waals surface area contributed by atoms with Crippen LogP contribution in [0.3, 0.4) is 0 Å². The zero-order valence-electron chi connectivity index (χ0n) is 10.3. The molecule has 2 aromatic carbocycles. The summed E-state index contributed by atoms with van der Waals surface area (Å²) in [6, 6.07) is 13.0. The lowest BCUT2D eigenvalue weighted by Gasteiger charge is -2.25. The van der Waals surface area contributed by atoms with Gasteiger partial charge in [-0.2, -0.15) is 0 Å². The molecule has 0 aliphatic rings. The number of aliphatic hydroxyl groups is 1. The topological polar surface area (TPSA) is 20.2 Å². The molecule has 0 spiro atoms. The summed E-state index contributed by atoms with van der Waals surface area (Å²) in [4.78, 5) is 0. The Hall–Kier alpha value is -0.540. The Morgan fingerprint density at radius 2 is 1.74 bits per heavy atom. The van der Waals surface area contributed by atoms with E-state index in [2.05, 4.69) is 15.9 Å². The van der Waals surface area contributed by atoms with Crippen LogP contribution in [0.15, 0.2) is 46.9 Å². The van der Waals surface area contributed by atoms with Crippen LogP contribution in [-0.2, 0) is 12.0 Å². The Bertz CT molecular complexity index is 579. The average Bonchev–Trinajstić information content (AvgIpc) is 2.35. The average molecular weight is 360 g/mol. The predicted molar refractivity (Wildman–Crippen MR) is 83.9 cm³/mol. The number of benzene rings is 2. The van der Waals surface area contributed by atoms with Crippen LogP contribution in [0, 0.1) is 0 Å². The smallest absolute Gasteiger partial charge is 0.0923 e. The molecule has 0 radical (unpaired) electrons. The highest BCUT2D eigenvalue weighted by atomic mass is 79.9. The molecule has 2 aromatic rings. The number of hydrogen-bond donors (Lipinski definition) is 1. The van der Waals surface area contributed by atoms with Crippen LogP contribution in [0.2, 0.25) is 10.0 Å². The third-order valence-electron chi connectivity index (χ3n) is 2.97. The van der Waals surface area contributed by atoms with Crippen molar-refractivity contribution in [3.05, 3.63) is 68.1 Å². The molecule has 0 bridgehead atoms. The highest BCUT2D eigenvalue weighted by Crippen LogP contribution is 2.33. The monoisotopic (exact) mass is 358 g/mol. The molecule has 0 heterocycles. The minimum atomic E-state index is -1.06. The first-order chi connectivity index (χ1) is 8.88. The van der Waals surface area contributed by atoms with Crippen LogP contribution in [0.4, 0.5) is 0 Å². The van der Waals surface area contributed by atoms with Gasteiger partial charge in [0.2, 0.25) is 0 Å². The van der Waals surface area contributed by atoms with E-state index in [4.69, 9.17) is 23.2 Å². The van der Waals surface area contributed by atoms with Gasteiger partial charge >= 0.3 is 0 Å². The zero-order valence-corrected chi connectivity index (χ0v) is 13.4. The number of rotatable bonds is 3. The van der Waals surface area contributed by atoms with Gasteiger partial charge in [-0.05, 0) is 42.8 Å². The lowest BCUT2D eigenvalue weighted by Crippen LogP contribution is -2.24. The normalized spacial score (nSPS) is 14.2. The molecular weight excluding hydrogens is 347 g/mol. The van der Waals surface area contributed by atoms with Gasteiger partial charge in [0.05, 0.1) is 5.60 Å². The fourth-order valence-electron chi connectivity index (χ4n) is 2.01. The molecule has 1 nitrogen and oxygen atoms in total. The van der Waals surface area contributed by atoms with Crippen molar-refractivity contribution in [3.63, 3.8) is 0 Å². The van der Waals surface area contributed by atoms with Crippen LogP contribution in [0.1, 0.15) is 18.1 Å². The maximum atomic E-state index is 10.7. The van der Waals surface area contributed by atoms with Gasteiger partial charge in [-0.3, -0.25) is 0 Å². The van der Waals surface area contributed by atoms with Gasteiger partial charge in [-0.15, -0.1) is 0 Å². The van der Waals surface area contributed by atoms with Gasteiger partial charge in [-0.1, -0.05) is 51.3 Å². The fraction of sp³-hybridized carbons (Fsp3) is 0.200. The van der Waals surface area contributed by atoms with Crippen molar-refractivity contribution >= 4 is 39.1 Å². The van der Waals surface area contributed by atoms with Gasteiger partial charge in [0, 0.05) is 26.5 Å². The highest BCUT2D eigenvalue weighted by Gasteiger charge is 2.26. The van der Waals surface area contributed by atoms with E-state index >= 15 is 0 Å². The van der Waals surface area contributed by atoms with Gasteiger partial charge in [0.15, 0.2) is 0 Å². The number of hydrogen-bond acceptors (Lipinski definition) is 1. The minimum absolute atomic E-state index is 0.473. The molecule has 2 rings (SSSR count). The van der Waals surface area contributed by atoms with Crippen molar-refractivity contribution in [2.24, 2.45) is 0 Å². The van der Waals surface area contributed by atoms with E-state index < -0.39 is 5.60 Å². The van der Waals surface area contributed by atoms with Crippen molar-refractivity contribution in [1.29, 1.82) is 0 Å². The van der Waals surface area contributed by atoms with Gasteiger partial charge in [0.25, 0.3) is 0 Å². The van der Waals surface area contributed by atoms with E-state index in [1.807, 2.05) is 24.3 Å². The highest BCUT2D eigenvalue weighted by molar-refractivity contribution is 9.10. The van der Waals surface area contributed by atoms with E-state index in [0.29, 0.717) is 22.0 Å². The van der Waals surface area contributed by atoms with Gasteiger partial charge in [0.1, 0.15) is 0 Å². The fourth-order valence-corrected chi connectivity index (χ4v) is 2.76. The molecular formula is C15H13BrCl2O. The van der Waals surface area contributed by atoms with Gasteiger partial charge in [-0.25, -0.2) is 0 Å². The molecule has 0 fully saturated rings. The Morgan fingerprint density at radius 3 is 2.37 bits per heavy atom. The lowest BCUT2D eigenvalue weighted by molar-refractivity contribution is 0.0577. The van der Waals surface area contributed by atoms with Crippen LogP contribution < -0.4 is 0 Å². The second-order valence-electron chi connectivity index (χ2n) is 4.70. The molecule has 1 unspecified atom stereocenters. The molecule has 0 saturated heterocycles. The van der Waals surface area contributed by atoms with E-state index in [0.717, 1.165) is 10.0 Å². The Kier molecular flexibility index (Phi) is 4.57. The molecule has 1 N–H and O–H groups in total. The largest absolute Gasteiger partial charge is 0.385 e. The second-order valence-corrected chi connectivity index (χ2v) is 6.46. The van der Waals surface area contributed by atoms with Crippen molar-refractivity contribution in [2.75, 3.05) is 0 Å². The van der Waals surface area contributed by atoms with Crippen LogP contribution in [0.25, 0.3) is 0 Å². The third-order valence-corrected chi connectivity index (χ3v) is 4.06. The summed E-state index contributed by atoms with van der Waals surface area (Å²) in [5.41, 5.74) is 0.615. The van der Waals surface area contributed by atoms with Crippen LogP contribution in [0.5, 0.6) is 0 Å². The SMILES string of the molecule is CC(O)(Cc1ccc(Br)cc1)c1cc(Cl)ccc1Cl. The molecule has 19 heavy (non-hydrogen) atoms. The first kappa shape index (κ1) is 14.9. The van der Waals surface area contributed by atoms with E-state index in [1.54, 1.807) is 25.1 Å². The van der Waals surface area contributed by atoms with Crippen LogP contribution >= 0.6 is 39.1 Å². The van der Waals surface area contributed by atoms with Crippen molar-refractivity contribution in [2.45, 2.75) is 18.9 Å². The molecule has 0 aliphatic heterocycles. The Labute approximate surface area is 131 Å². The predicted octanol–water partition coefficient (Wildman–Crippen LogP) is 5.21. The van der Waals surface area contributed by atoms with Crippen molar-refractivity contribution in [3.8, 4) is 0 Å². The third kappa shape index (κ3) is 3.73. The summed E-state index contributed by atoms with van der Waals surface area (Å²) >= 11 is 15.5. The molecule has 0 aromatic heterocycles. The van der Waals surface area contributed by atoms with Crippen molar-refractivity contribution in [1.82, 2.24) is 0 Å². The van der Waals surface area contributed by atoms with E-state index in [1.165, 1.54) is 0 Å². The summed E-state index contributed by atoms with van der Waals surface area (Å²) in [6.45, 7) is 1.74. The first-order valence-corrected chi connectivity index (χ1v) is 7.36. The maximum absolute atomic E-state index is 10.7. The Morgan fingerprint density at radius 1 is 1.11 bits per heavy atom. The zero-order chi connectivity index (χ0) is 14.0. The summed E-state index contributed by atoms with van der Waals surface area (Å²) < 4.78 is 1.01. The molecule has 1 atom stereocenters.